The maximum Gasteiger partial charge on any atom is 0.236 e. The van der Waals surface area contributed by atoms with Gasteiger partial charge in [-0.25, -0.2) is 22.5 Å². The predicted octanol–water partition coefficient (Wildman–Crippen LogP) is 3.09. The molecule has 0 spiro atoms. The lowest BCUT2D eigenvalue weighted by atomic mass is 10.2. The molecule has 1 aromatic carbocycles. The van der Waals surface area contributed by atoms with Crippen LogP contribution in [-0.4, -0.2) is 23.2 Å². The third-order valence-corrected chi connectivity index (χ3v) is 4.70. The molecular formula is C16H17FN4O2S. The van der Waals surface area contributed by atoms with E-state index in [0.717, 1.165) is 5.39 Å². The molecule has 0 saturated carbocycles. The van der Waals surface area contributed by atoms with Crippen LogP contribution in [0, 0.1) is 5.82 Å². The minimum atomic E-state index is -3.67. The first-order valence-corrected chi connectivity index (χ1v) is 9.07. The molecule has 6 nitrogen and oxygen atoms in total. The van der Waals surface area contributed by atoms with Crippen LogP contribution in [-0.2, 0) is 15.8 Å². The van der Waals surface area contributed by atoms with E-state index in [2.05, 4.69) is 14.8 Å². The van der Waals surface area contributed by atoms with Crippen molar-refractivity contribution in [3.63, 3.8) is 0 Å². The first-order valence-electron chi connectivity index (χ1n) is 7.42. The van der Waals surface area contributed by atoms with Crippen LogP contribution in [0.2, 0.25) is 0 Å². The summed E-state index contributed by atoms with van der Waals surface area (Å²) in [6.45, 7) is 3.98. The minimum absolute atomic E-state index is 0.158. The highest BCUT2D eigenvalue weighted by Crippen LogP contribution is 2.20. The number of hydrogen-bond donors (Lipinski definition) is 1. The van der Waals surface area contributed by atoms with Crippen LogP contribution in [0.1, 0.15) is 25.5 Å². The Labute approximate surface area is 139 Å². The van der Waals surface area contributed by atoms with Gasteiger partial charge in [-0.2, -0.15) is 5.10 Å². The number of nitrogens with zero attached hydrogens (tertiary/aromatic N) is 3. The van der Waals surface area contributed by atoms with Crippen molar-refractivity contribution in [2.24, 2.45) is 0 Å². The fourth-order valence-electron chi connectivity index (χ4n) is 2.44. The van der Waals surface area contributed by atoms with Crippen molar-refractivity contribution in [2.75, 3.05) is 4.72 Å². The summed E-state index contributed by atoms with van der Waals surface area (Å²) in [6, 6.07) is 7.36. The normalized spacial score (nSPS) is 12.0. The van der Waals surface area contributed by atoms with E-state index >= 15 is 0 Å². The standard InChI is InChI=1S/C16H17FN4O2S/c1-11(2)21-16-13(8-19-21)7-15(9-18-16)20-24(22,23)10-12-4-3-5-14(17)6-12/h3-9,11,20H,10H2,1-2H3. The van der Waals surface area contributed by atoms with E-state index < -0.39 is 15.8 Å². The number of sulfonamides is 1. The number of benzene rings is 1. The fourth-order valence-corrected chi connectivity index (χ4v) is 3.60. The van der Waals surface area contributed by atoms with Crippen LogP contribution in [0.15, 0.2) is 42.7 Å². The number of anilines is 1. The molecule has 0 aliphatic heterocycles. The number of fused-ring (bicyclic) bond motifs is 1. The molecule has 0 aliphatic rings. The fraction of sp³-hybridized carbons (Fsp3) is 0.250. The van der Waals surface area contributed by atoms with E-state index in [1.54, 1.807) is 23.0 Å². The van der Waals surface area contributed by atoms with Gasteiger partial charge in [0.15, 0.2) is 5.65 Å². The SMILES string of the molecule is CC(C)n1ncc2cc(NS(=O)(=O)Cc3cccc(F)c3)cnc21. The van der Waals surface area contributed by atoms with E-state index in [-0.39, 0.29) is 11.8 Å². The first-order chi connectivity index (χ1) is 11.3. The second-order valence-corrected chi connectivity index (χ2v) is 7.53. The van der Waals surface area contributed by atoms with Gasteiger partial charge in [-0.15, -0.1) is 0 Å². The molecule has 3 rings (SSSR count). The van der Waals surface area contributed by atoms with Gasteiger partial charge in [0.2, 0.25) is 10.0 Å². The van der Waals surface area contributed by atoms with Crippen LogP contribution in [0.4, 0.5) is 10.1 Å². The average Bonchev–Trinajstić information content (AvgIpc) is 2.89. The summed E-state index contributed by atoms with van der Waals surface area (Å²) in [6.07, 6.45) is 3.10. The lowest BCUT2D eigenvalue weighted by molar-refractivity contribution is 0.546. The zero-order valence-electron chi connectivity index (χ0n) is 13.3. The van der Waals surface area contributed by atoms with Gasteiger partial charge in [0.25, 0.3) is 0 Å². The average molecular weight is 348 g/mol. The number of pyridine rings is 1. The van der Waals surface area contributed by atoms with E-state index in [9.17, 15) is 12.8 Å². The van der Waals surface area contributed by atoms with Crippen LogP contribution < -0.4 is 4.72 Å². The van der Waals surface area contributed by atoms with Gasteiger partial charge in [-0.3, -0.25) is 4.72 Å². The van der Waals surface area contributed by atoms with Gasteiger partial charge >= 0.3 is 0 Å². The molecule has 0 amide bonds. The number of halogens is 1. The lowest BCUT2D eigenvalue weighted by Crippen LogP contribution is -2.15. The maximum atomic E-state index is 13.2. The van der Waals surface area contributed by atoms with Gasteiger partial charge in [0, 0.05) is 11.4 Å². The van der Waals surface area contributed by atoms with E-state index in [1.165, 1.54) is 24.4 Å². The largest absolute Gasteiger partial charge is 0.282 e. The van der Waals surface area contributed by atoms with Crippen LogP contribution in [0.25, 0.3) is 11.0 Å². The van der Waals surface area contributed by atoms with Gasteiger partial charge in [0.1, 0.15) is 5.82 Å². The molecule has 0 fully saturated rings. The molecule has 0 unspecified atom stereocenters. The van der Waals surface area contributed by atoms with Crippen molar-refractivity contribution in [1.82, 2.24) is 14.8 Å². The summed E-state index contributed by atoms with van der Waals surface area (Å²) in [5.74, 6) is -0.777. The Hall–Kier alpha value is -2.48. The number of aromatic nitrogens is 3. The molecule has 3 aromatic rings. The molecule has 0 aliphatic carbocycles. The molecule has 24 heavy (non-hydrogen) atoms. The van der Waals surface area contributed by atoms with Crippen molar-refractivity contribution >= 4 is 26.7 Å². The monoisotopic (exact) mass is 348 g/mol. The second kappa shape index (κ2) is 6.20. The van der Waals surface area contributed by atoms with Crippen LogP contribution >= 0.6 is 0 Å². The Morgan fingerprint density at radius 2 is 2.04 bits per heavy atom. The van der Waals surface area contributed by atoms with E-state index in [4.69, 9.17) is 0 Å². The molecule has 0 atom stereocenters. The summed E-state index contributed by atoms with van der Waals surface area (Å²) < 4.78 is 41.9. The van der Waals surface area contributed by atoms with Crippen LogP contribution in [0.5, 0.6) is 0 Å². The third-order valence-electron chi connectivity index (χ3n) is 3.44. The second-order valence-electron chi connectivity index (χ2n) is 5.81. The molecule has 8 heteroatoms. The Kier molecular flexibility index (Phi) is 4.23. The topological polar surface area (TPSA) is 76.9 Å². The van der Waals surface area contributed by atoms with Crippen molar-refractivity contribution < 1.29 is 12.8 Å². The highest BCUT2D eigenvalue weighted by molar-refractivity contribution is 7.91. The van der Waals surface area contributed by atoms with Crippen molar-refractivity contribution in [3.8, 4) is 0 Å². The van der Waals surface area contributed by atoms with Gasteiger partial charge in [-0.05, 0) is 37.6 Å². The number of nitrogens with one attached hydrogen (secondary N) is 1. The molecular weight excluding hydrogens is 331 g/mol. The molecule has 1 N–H and O–H groups in total. The summed E-state index contributed by atoms with van der Waals surface area (Å²) >= 11 is 0. The van der Waals surface area contributed by atoms with Crippen molar-refractivity contribution in [1.29, 1.82) is 0 Å². The Morgan fingerprint density at radius 3 is 2.75 bits per heavy atom. The van der Waals surface area contributed by atoms with Gasteiger partial charge < -0.3 is 0 Å². The Bertz CT molecular complexity index is 983. The Balaban J connectivity index is 1.83. The zero-order chi connectivity index (χ0) is 17.3. The van der Waals surface area contributed by atoms with E-state index in [0.29, 0.717) is 16.9 Å². The van der Waals surface area contributed by atoms with Gasteiger partial charge in [0.05, 0.1) is 23.8 Å². The highest BCUT2D eigenvalue weighted by atomic mass is 32.2. The summed E-state index contributed by atoms with van der Waals surface area (Å²) in [4.78, 5) is 4.28. The molecule has 126 valence electrons. The third kappa shape index (κ3) is 3.53. The summed E-state index contributed by atoms with van der Waals surface area (Å²) in [5.41, 5.74) is 1.42. The van der Waals surface area contributed by atoms with Crippen molar-refractivity contribution in [2.45, 2.75) is 25.6 Å². The lowest BCUT2D eigenvalue weighted by Gasteiger charge is -2.09. The Morgan fingerprint density at radius 1 is 1.25 bits per heavy atom. The molecule has 2 heterocycles. The summed E-state index contributed by atoms with van der Waals surface area (Å²) in [5, 5.41) is 4.99. The minimum Gasteiger partial charge on any atom is -0.282 e. The number of hydrogen-bond acceptors (Lipinski definition) is 4. The number of rotatable bonds is 5. The maximum absolute atomic E-state index is 13.2. The quantitative estimate of drug-likeness (QED) is 0.769. The van der Waals surface area contributed by atoms with Crippen LogP contribution in [0.3, 0.4) is 0 Å². The summed E-state index contributed by atoms with van der Waals surface area (Å²) in [7, 11) is -3.67. The van der Waals surface area contributed by atoms with Crippen molar-refractivity contribution in [3.05, 3.63) is 54.1 Å². The highest BCUT2D eigenvalue weighted by Gasteiger charge is 2.14. The predicted molar refractivity (Wildman–Crippen MR) is 90.6 cm³/mol. The smallest absolute Gasteiger partial charge is 0.236 e. The molecule has 0 radical (unpaired) electrons. The molecule has 0 saturated heterocycles. The zero-order valence-corrected chi connectivity index (χ0v) is 14.1. The first kappa shape index (κ1) is 16.4. The van der Waals surface area contributed by atoms with E-state index in [1.807, 2.05) is 13.8 Å². The molecule has 2 aromatic heterocycles. The molecule has 0 bridgehead atoms. The van der Waals surface area contributed by atoms with Gasteiger partial charge in [-0.1, -0.05) is 12.1 Å².